The third-order valence-electron chi connectivity index (χ3n) is 16.0. The molecule has 12 rings (SSSR count). The van der Waals surface area contributed by atoms with Crippen LogP contribution in [0.4, 0.5) is 39.5 Å². The number of esters is 8. The number of ether oxygens (including phenoxy) is 6. The minimum Gasteiger partial charge on any atom is 0 e. The number of hydrogen-bond donors (Lipinski definition) is 3. The van der Waals surface area contributed by atoms with Gasteiger partial charge in [-0.2, -0.15) is 64.8 Å². The monoisotopic (exact) mass is 2310 g/mol. The molecule has 48 heteroatoms. The van der Waals surface area contributed by atoms with Crippen LogP contribution in [0.15, 0.2) is 126 Å². The molecule has 4 aliphatic rings. The topological polar surface area (TPSA) is 454 Å². The third-order valence-corrected chi connectivity index (χ3v) is 20.1. The van der Waals surface area contributed by atoms with Gasteiger partial charge in [0.05, 0.1) is 44.5 Å². The van der Waals surface area contributed by atoms with Gasteiger partial charge in [-0.25, -0.2) is 25.1 Å². The van der Waals surface area contributed by atoms with E-state index in [1.807, 2.05) is 37.4 Å². The molecule has 0 saturated heterocycles. The van der Waals surface area contributed by atoms with Crippen molar-refractivity contribution in [2.75, 3.05) is 26.4 Å². The molecule has 4 amide bonds. The van der Waals surface area contributed by atoms with Crippen LogP contribution in [0.1, 0.15) is 186 Å². The molecule has 0 aromatic heterocycles. The Bertz CT molecular complexity index is 6500. The minimum absolute atomic E-state index is 0. The summed E-state index contributed by atoms with van der Waals surface area (Å²) in [5, 5.41) is 20.1. The summed E-state index contributed by atoms with van der Waals surface area (Å²) >= 11 is -8.59. The quantitative estimate of drug-likeness (QED) is 0.00729. The van der Waals surface area contributed by atoms with Crippen LogP contribution in [0, 0.1) is 47.9 Å². The largest absolute Gasteiger partial charge is 0 e. The summed E-state index contributed by atoms with van der Waals surface area (Å²) in [5.74, 6) is 14.5. The Hall–Kier alpha value is -10.5. The number of nitrogens with two attached hydrogens (primary N) is 1. The van der Waals surface area contributed by atoms with E-state index in [2.05, 4.69) is 77.0 Å². The zero-order valence-corrected chi connectivity index (χ0v) is 76.5. The molecule has 0 atom stereocenters. The van der Waals surface area contributed by atoms with Crippen LogP contribution < -0.4 is 23.9 Å². The van der Waals surface area contributed by atoms with Crippen LogP contribution in [0.2, 0.25) is 0 Å². The van der Waals surface area contributed by atoms with Crippen LogP contribution in [-0.2, 0) is 85.9 Å². The first-order chi connectivity index (χ1) is 65.0. The number of nitrogens with zero attached hydrogens (tertiary/aromatic N) is 2. The molecule has 127 heavy (non-hydrogen) atoms. The Labute approximate surface area is 782 Å². The first-order valence-electron chi connectivity index (χ1n) is 40.8. The maximum Gasteiger partial charge on any atom is 0 e. The number of halogens is 14. The first-order valence-corrected chi connectivity index (χ1v) is 46.3. The molecule has 0 radical (unpaired) electrons. The van der Waals surface area contributed by atoms with E-state index in [-0.39, 0.29) is 97.3 Å². The number of cyclic esters (lactones) is 4. The predicted molar refractivity (Wildman–Crippen MR) is 467 cm³/mol. The second kappa shape index (κ2) is 49.7. The average molecular weight is 2310 g/mol. The second-order valence-corrected chi connectivity index (χ2v) is 29.9. The molecular formula is C79H78BrClF9I3N3O28S3-. The molecule has 0 aliphatic carbocycles. The van der Waals surface area contributed by atoms with E-state index in [1.165, 1.54) is 36.4 Å². The Morgan fingerprint density at radius 3 is 1.09 bits per heavy atom. The zero-order chi connectivity index (χ0) is 107. The maximum absolute atomic E-state index is 12.7. The van der Waals surface area contributed by atoms with Crippen molar-refractivity contribution in [1.29, 1.82) is 5.94 Å². The summed E-state index contributed by atoms with van der Waals surface area (Å²) in [6, 6.07) is 31.9. The van der Waals surface area contributed by atoms with Crippen LogP contribution in [0.3, 0.4) is 0 Å². The van der Waals surface area contributed by atoms with Gasteiger partial charge in [0.25, 0.3) is 23.6 Å². The number of amides is 4. The van der Waals surface area contributed by atoms with Gasteiger partial charge in [-0.15, -0.1) is 36.9 Å². The molecule has 4 aliphatic heterocycles. The van der Waals surface area contributed by atoms with Crippen LogP contribution in [-0.4, -0.2) is 166 Å². The zero-order valence-electron chi connectivity index (χ0n) is 79.1. The molecule has 0 bridgehead atoms. The van der Waals surface area contributed by atoms with Gasteiger partial charge >= 0.3 is 160 Å². The van der Waals surface area contributed by atoms with Gasteiger partial charge in [-0.3, -0.25) is 43.6 Å². The number of terminal acetylenes is 1. The van der Waals surface area contributed by atoms with E-state index in [0.717, 1.165) is 22.7 Å². The number of imide groups is 2. The SMILES string of the molecule is C#CCOC(=O)CCC.CCCC(=O)OCC#Cc1ccc2c3c(cccc13)C(=O)N(O)C2=O.CCCC(=O)OCC#Cc1ccc2c3c(cccc13)C(=O)N(OS(=O)(=O)C(F)(F)F)C2=O.CCCC(=O)OCC#Cc1ccc2c3c(cccc13)C(=O)OC2=O.Cl.NO.O=C1OC(=O)c2ccc(Br)c3cccc1c23.O=S(=O)(OS(=O)(=O)C(F)(F)F)C(F)(F)F.[3HH].[3H]I([3H])([3H])([3H])[3H].[3H]I([3H])[I-]([3H])([3H])[3H].[3H][3H].[3H][3H]. The fourth-order valence-electron chi connectivity index (χ4n) is 10.7. The number of benzene rings is 8. The molecule has 4 heterocycles. The summed E-state index contributed by atoms with van der Waals surface area (Å²) < 4.78 is 288. The summed E-state index contributed by atoms with van der Waals surface area (Å²) in [5.41, 5.74) is -15.2. The maximum atomic E-state index is 12.7. The molecule has 694 valence electrons. The average Bonchev–Trinajstić information content (AvgIpc) is 0.725. The summed E-state index contributed by atoms with van der Waals surface area (Å²) in [6.07, 6.45) is 9.14. The number of carbonyl (C=O) groups is 12. The Kier molecular flexibility index (Phi) is 35.7. The summed E-state index contributed by atoms with van der Waals surface area (Å²) in [4.78, 5) is 141. The Morgan fingerprint density at radius 1 is 0.496 bits per heavy atom. The van der Waals surface area contributed by atoms with E-state index in [1.54, 1.807) is 78.9 Å². The number of hydroxylamine groups is 4. The molecule has 0 fully saturated rings. The predicted octanol–water partition coefficient (Wildman–Crippen LogP) is 9.45. The Balaban J connectivity index is 0.00000166. The molecule has 8 aromatic carbocycles. The van der Waals surface area contributed by atoms with Crippen LogP contribution in [0.25, 0.3) is 43.1 Å². The first kappa shape index (κ1) is 91.2. The van der Waals surface area contributed by atoms with Gasteiger partial charge in [0.2, 0.25) is 0 Å². The van der Waals surface area contributed by atoms with E-state index in [4.69, 9.17) is 42.5 Å². The van der Waals surface area contributed by atoms with Crippen molar-refractivity contribution < 1.29 is 194 Å². The normalized spacial score (nSPS) is 14.5. The smallest absolute Gasteiger partial charge is 0 e. The molecular weight excluding hydrogens is 2200 g/mol. The standard InChI is InChI=1S/C20H14F3NO7S.C19H15NO5.C19H14O5.C12H5BrO3.C7H10O2.C2F6O5S2.ClH.H5I2.H5I.H3NO.3H2/c1-2-5-16(25)30-11-4-6-12-9-10-15-17-13(12)7-3-8-14(17)18(26)24(19(15)27)31-32(28,29)20(21,22)23;1-2-5-16(21)25-11-4-6-12-9-10-15-17-13(12)7-3-8-14(17)18(22)20(24)19(15)23;1-2-5-16(20)23-11-4-6-12-9-10-15-17-13(12)7-3-8-14(17)18(21)24-19(15)22;13-9-5-4-8-10-6(9)2-1-3-7(10)11(14)16-12(8)15;1-3-5-7(8)9-6-4-2;3-1(4,5)14(9,10)13-15(11,12)2(6,7)8;;1-2;;1-2;;;/h3,7-10H,2,5,11H2,1H3;3,7-10,24H,2,5,11H2,1H3;3,7-10H,2,5,11H2,1H3;1-5H;2H,3,5-6H2,1H3;;1H;1H2,2H3;1H5;2H,1H2;3*1H/q;;;;;;;-1;;;;;/i;;;;;;;1T2,2T3;1T5;;2*1+2T;1+2. The number of alkyl halides is 9. The molecule has 0 unspecified atom stereocenters. The van der Waals surface area contributed by atoms with E-state index in [0.29, 0.717) is 103 Å². The molecule has 0 saturated carbocycles. The number of rotatable bonds is 17. The number of hydrogen-bond acceptors (Lipinski definition) is 29. The van der Waals surface area contributed by atoms with Crippen molar-refractivity contribution in [3.8, 4) is 47.9 Å². The van der Waals surface area contributed by atoms with Gasteiger partial charge in [-0.05, 0) is 120 Å². The van der Waals surface area contributed by atoms with E-state index in [9.17, 15) is 128 Å². The van der Waals surface area contributed by atoms with Gasteiger partial charge in [-0.1, -0.05) is 134 Å². The van der Waals surface area contributed by atoms with Crippen molar-refractivity contribution in [2.24, 2.45) is 5.90 Å². The van der Waals surface area contributed by atoms with Crippen molar-refractivity contribution >= 4 is 214 Å². The summed E-state index contributed by atoms with van der Waals surface area (Å²) in [6.45, 7) is 7.40. The van der Waals surface area contributed by atoms with Crippen LogP contribution >= 0.6 is 69.5 Å². The van der Waals surface area contributed by atoms with Gasteiger partial charge in [0.15, 0.2) is 26.4 Å². The fraction of sp³-hybridized carbons (Fsp3) is 0.241. The van der Waals surface area contributed by atoms with Crippen molar-refractivity contribution in [2.45, 2.75) is 95.6 Å². The third kappa shape index (κ3) is 28.5. The minimum atomic E-state index is -6.85. The van der Waals surface area contributed by atoms with Crippen molar-refractivity contribution in [1.82, 2.24) is 10.1 Å². The Morgan fingerprint density at radius 2 is 0.764 bits per heavy atom. The summed E-state index contributed by atoms with van der Waals surface area (Å²) in [7, 11) is -19.9. The van der Waals surface area contributed by atoms with Gasteiger partial charge < -0.3 is 33.6 Å². The van der Waals surface area contributed by atoms with Gasteiger partial charge in [0, 0.05) is 75.8 Å². The van der Waals surface area contributed by atoms with E-state index >= 15 is 0 Å². The van der Waals surface area contributed by atoms with Crippen molar-refractivity contribution in [3.63, 3.8) is 0 Å². The molecule has 8 aromatic rings. The van der Waals surface area contributed by atoms with Crippen LogP contribution in [0.5, 0.6) is 0 Å². The molecule has 0 spiro atoms. The molecule has 31 nitrogen and oxygen atoms in total. The fourth-order valence-corrected chi connectivity index (χ4v) is 13.1. The second-order valence-electron chi connectivity index (χ2n) is 24.3. The van der Waals surface area contributed by atoms with Gasteiger partial charge in [0.1, 0.15) is 0 Å². The molecule has 4 N–H and O–H groups in total. The number of carbonyl (C=O) groups excluding carboxylic acids is 12. The van der Waals surface area contributed by atoms with Crippen molar-refractivity contribution in [3.05, 3.63) is 187 Å². The van der Waals surface area contributed by atoms with E-state index < -0.39 is 165 Å².